The first-order valence-electron chi connectivity index (χ1n) is 6.58. The highest BCUT2D eigenvalue weighted by molar-refractivity contribution is 9.10. The van der Waals surface area contributed by atoms with Crippen LogP contribution in [0.5, 0.6) is 5.75 Å². The lowest BCUT2D eigenvalue weighted by Crippen LogP contribution is -2.31. The Kier molecular flexibility index (Phi) is 5.80. The molecule has 2 aromatic carbocycles. The van der Waals surface area contributed by atoms with Crippen LogP contribution in [-0.4, -0.2) is 12.5 Å². The van der Waals surface area contributed by atoms with Gasteiger partial charge in [0.25, 0.3) is 5.91 Å². The molecule has 0 radical (unpaired) electrons. The summed E-state index contributed by atoms with van der Waals surface area (Å²) in [7, 11) is 0. The molecule has 1 unspecified atom stereocenters. The lowest BCUT2D eigenvalue weighted by atomic mass is 10.1. The number of halogens is 3. The van der Waals surface area contributed by atoms with E-state index >= 15 is 0 Å². The molecule has 0 aliphatic heterocycles. The van der Waals surface area contributed by atoms with Crippen molar-refractivity contribution in [1.29, 1.82) is 0 Å². The van der Waals surface area contributed by atoms with Gasteiger partial charge in [0.05, 0.1) is 11.1 Å². The van der Waals surface area contributed by atoms with E-state index in [4.69, 9.17) is 16.3 Å². The maximum atomic E-state index is 13.0. The SMILES string of the molecule is CC(NC(=O)COc1ccc(F)c(Cl)c1)c1ccc(Br)cc1. The monoisotopic (exact) mass is 385 g/mol. The minimum atomic E-state index is -0.526. The molecule has 0 aliphatic carbocycles. The maximum absolute atomic E-state index is 13.0. The fourth-order valence-corrected chi connectivity index (χ4v) is 2.27. The number of carbonyl (C=O) groups excluding carboxylic acids is 1. The third-order valence-electron chi connectivity index (χ3n) is 3.01. The Labute approximate surface area is 141 Å². The molecule has 6 heteroatoms. The van der Waals surface area contributed by atoms with E-state index in [1.54, 1.807) is 0 Å². The molecule has 2 rings (SSSR count). The van der Waals surface area contributed by atoms with Gasteiger partial charge in [0.15, 0.2) is 6.61 Å². The van der Waals surface area contributed by atoms with Gasteiger partial charge in [0.1, 0.15) is 11.6 Å². The number of nitrogens with one attached hydrogen (secondary N) is 1. The largest absolute Gasteiger partial charge is 0.484 e. The zero-order chi connectivity index (χ0) is 16.1. The predicted molar refractivity (Wildman–Crippen MR) is 87.6 cm³/mol. The number of carbonyl (C=O) groups is 1. The van der Waals surface area contributed by atoms with Crippen LogP contribution in [0.2, 0.25) is 5.02 Å². The van der Waals surface area contributed by atoms with Crippen LogP contribution in [0.1, 0.15) is 18.5 Å². The summed E-state index contributed by atoms with van der Waals surface area (Å²) in [6, 6.07) is 11.5. The van der Waals surface area contributed by atoms with Crippen molar-refractivity contribution in [2.45, 2.75) is 13.0 Å². The van der Waals surface area contributed by atoms with Crippen molar-refractivity contribution in [1.82, 2.24) is 5.32 Å². The molecule has 1 atom stereocenters. The average Bonchev–Trinajstić information content (AvgIpc) is 2.49. The van der Waals surface area contributed by atoms with Gasteiger partial charge in [-0.1, -0.05) is 39.7 Å². The van der Waals surface area contributed by atoms with Gasteiger partial charge in [0, 0.05) is 10.5 Å². The molecule has 0 saturated carbocycles. The summed E-state index contributed by atoms with van der Waals surface area (Å²) in [5.41, 5.74) is 0.987. The van der Waals surface area contributed by atoms with Crippen molar-refractivity contribution in [2.75, 3.05) is 6.61 Å². The summed E-state index contributed by atoms with van der Waals surface area (Å²) in [5, 5.41) is 2.78. The Morgan fingerprint density at radius 3 is 2.64 bits per heavy atom. The minimum absolute atomic E-state index is 0.0406. The smallest absolute Gasteiger partial charge is 0.258 e. The van der Waals surface area contributed by atoms with E-state index in [-0.39, 0.29) is 23.6 Å². The molecule has 0 saturated heterocycles. The van der Waals surface area contributed by atoms with Crippen molar-refractivity contribution in [3.63, 3.8) is 0 Å². The highest BCUT2D eigenvalue weighted by Gasteiger charge is 2.10. The van der Waals surface area contributed by atoms with E-state index in [1.807, 2.05) is 31.2 Å². The molecule has 3 nitrogen and oxygen atoms in total. The number of amides is 1. The fourth-order valence-electron chi connectivity index (χ4n) is 1.83. The quantitative estimate of drug-likeness (QED) is 0.822. The standard InChI is InChI=1S/C16H14BrClFNO2/c1-10(11-2-4-12(17)5-3-11)20-16(21)9-22-13-6-7-15(19)14(18)8-13/h2-8,10H,9H2,1H3,(H,20,21). The van der Waals surface area contributed by atoms with Crippen LogP contribution >= 0.6 is 27.5 Å². The average molecular weight is 387 g/mol. The van der Waals surface area contributed by atoms with Gasteiger partial charge in [-0.05, 0) is 36.8 Å². The second-order valence-corrected chi connectivity index (χ2v) is 6.03. The molecule has 1 amide bonds. The third kappa shape index (κ3) is 4.71. The van der Waals surface area contributed by atoms with Gasteiger partial charge in [-0.15, -0.1) is 0 Å². The zero-order valence-electron chi connectivity index (χ0n) is 11.8. The summed E-state index contributed by atoms with van der Waals surface area (Å²) < 4.78 is 19.3. The third-order valence-corrected chi connectivity index (χ3v) is 3.83. The minimum Gasteiger partial charge on any atom is -0.484 e. The Bertz CT molecular complexity index is 664. The fraction of sp³-hybridized carbons (Fsp3) is 0.188. The Hall–Kier alpha value is -1.59. The summed E-state index contributed by atoms with van der Waals surface area (Å²) >= 11 is 9.01. The Balaban J connectivity index is 1.87. The van der Waals surface area contributed by atoms with Gasteiger partial charge in [-0.25, -0.2) is 4.39 Å². The Morgan fingerprint density at radius 2 is 2.00 bits per heavy atom. The van der Waals surface area contributed by atoms with E-state index in [0.717, 1.165) is 10.0 Å². The molecule has 0 bridgehead atoms. The van der Waals surface area contributed by atoms with Gasteiger partial charge < -0.3 is 10.1 Å². The van der Waals surface area contributed by atoms with E-state index in [9.17, 15) is 9.18 Å². The number of ether oxygens (including phenoxy) is 1. The van der Waals surface area contributed by atoms with Crippen LogP contribution in [0.4, 0.5) is 4.39 Å². The Morgan fingerprint density at radius 1 is 1.32 bits per heavy atom. The van der Waals surface area contributed by atoms with Gasteiger partial charge in [-0.2, -0.15) is 0 Å². The number of benzene rings is 2. The van der Waals surface area contributed by atoms with Crippen molar-refractivity contribution in [3.8, 4) is 5.75 Å². The van der Waals surface area contributed by atoms with Crippen molar-refractivity contribution >= 4 is 33.4 Å². The van der Waals surface area contributed by atoms with Crippen molar-refractivity contribution in [2.24, 2.45) is 0 Å². The molecule has 0 fully saturated rings. The molecule has 0 aromatic heterocycles. The van der Waals surface area contributed by atoms with Crippen molar-refractivity contribution in [3.05, 3.63) is 63.3 Å². The van der Waals surface area contributed by atoms with E-state index in [1.165, 1.54) is 18.2 Å². The first-order chi connectivity index (χ1) is 10.5. The molecule has 0 spiro atoms. The van der Waals surface area contributed by atoms with E-state index in [0.29, 0.717) is 5.75 Å². The van der Waals surface area contributed by atoms with Crippen LogP contribution in [-0.2, 0) is 4.79 Å². The second-order valence-electron chi connectivity index (χ2n) is 4.71. The lowest BCUT2D eigenvalue weighted by molar-refractivity contribution is -0.123. The van der Waals surface area contributed by atoms with E-state index in [2.05, 4.69) is 21.2 Å². The molecule has 22 heavy (non-hydrogen) atoms. The summed E-state index contributed by atoms with van der Waals surface area (Å²) in [6.07, 6.45) is 0. The maximum Gasteiger partial charge on any atom is 0.258 e. The highest BCUT2D eigenvalue weighted by Crippen LogP contribution is 2.21. The first-order valence-corrected chi connectivity index (χ1v) is 7.75. The highest BCUT2D eigenvalue weighted by atomic mass is 79.9. The second kappa shape index (κ2) is 7.61. The van der Waals surface area contributed by atoms with Crippen LogP contribution in [0.3, 0.4) is 0 Å². The number of rotatable bonds is 5. The predicted octanol–water partition coefficient (Wildman–Crippen LogP) is 4.50. The zero-order valence-corrected chi connectivity index (χ0v) is 14.1. The number of hydrogen-bond acceptors (Lipinski definition) is 2. The van der Waals surface area contributed by atoms with Gasteiger partial charge in [0.2, 0.25) is 0 Å². The molecule has 116 valence electrons. The molecule has 1 N–H and O–H groups in total. The van der Waals surface area contributed by atoms with Crippen molar-refractivity contribution < 1.29 is 13.9 Å². The molecular formula is C16H14BrClFNO2. The lowest BCUT2D eigenvalue weighted by Gasteiger charge is -2.15. The number of hydrogen-bond donors (Lipinski definition) is 1. The molecule has 2 aromatic rings. The van der Waals surface area contributed by atoms with Crippen LogP contribution in [0, 0.1) is 5.82 Å². The van der Waals surface area contributed by atoms with Crippen LogP contribution in [0.15, 0.2) is 46.9 Å². The molecular weight excluding hydrogens is 373 g/mol. The summed E-state index contributed by atoms with van der Waals surface area (Å²) in [6.45, 7) is 1.72. The summed E-state index contributed by atoms with van der Waals surface area (Å²) in [5.74, 6) is -0.448. The molecule has 0 aliphatic rings. The summed E-state index contributed by atoms with van der Waals surface area (Å²) in [4.78, 5) is 11.9. The molecule has 0 heterocycles. The van der Waals surface area contributed by atoms with Gasteiger partial charge in [-0.3, -0.25) is 4.79 Å². The topological polar surface area (TPSA) is 38.3 Å². The first kappa shape index (κ1) is 16.8. The van der Waals surface area contributed by atoms with Crippen LogP contribution < -0.4 is 10.1 Å². The van der Waals surface area contributed by atoms with Crippen LogP contribution in [0.25, 0.3) is 0 Å². The normalized spacial score (nSPS) is 11.8. The van der Waals surface area contributed by atoms with E-state index < -0.39 is 5.82 Å². The van der Waals surface area contributed by atoms with Gasteiger partial charge >= 0.3 is 0 Å².